The molecule has 0 aliphatic carbocycles. The van der Waals surface area contributed by atoms with Crippen LogP contribution in [-0.2, 0) is 19.1 Å². The summed E-state index contributed by atoms with van der Waals surface area (Å²) in [4.78, 5) is 25.2. The number of anilines is 1. The van der Waals surface area contributed by atoms with Gasteiger partial charge in [-0.05, 0) is 38.1 Å². The molecule has 6 nitrogen and oxygen atoms in total. The highest BCUT2D eigenvalue weighted by Gasteiger charge is 2.37. The highest BCUT2D eigenvalue weighted by Crippen LogP contribution is 2.30. The Balaban J connectivity index is 1.95. The maximum atomic E-state index is 12.9. The molecule has 3 rings (SSSR count). The number of hydrogen-bond acceptors (Lipinski definition) is 6. The molecule has 0 aromatic heterocycles. The Labute approximate surface area is 163 Å². The van der Waals surface area contributed by atoms with Gasteiger partial charge in [0, 0.05) is 11.3 Å². The van der Waals surface area contributed by atoms with Gasteiger partial charge in [-0.1, -0.05) is 36.4 Å². The number of carbonyl (C=O) groups is 2. The van der Waals surface area contributed by atoms with Crippen LogP contribution in [0.25, 0.3) is 6.08 Å². The van der Waals surface area contributed by atoms with Crippen molar-refractivity contribution in [1.82, 2.24) is 0 Å². The monoisotopic (exact) mass is 379 g/mol. The first-order chi connectivity index (χ1) is 13.6. The van der Waals surface area contributed by atoms with E-state index < -0.39 is 11.8 Å². The maximum Gasteiger partial charge on any atom is 0.347 e. The summed E-state index contributed by atoms with van der Waals surface area (Å²) in [6, 6.07) is 16.4. The first kappa shape index (κ1) is 19.2. The van der Waals surface area contributed by atoms with Gasteiger partial charge in [0.2, 0.25) is 11.7 Å². The molecule has 28 heavy (non-hydrogen) atoms. The second-order valence-electron chi connectivity index (χ2n) is 5.83. The molecule has 0 spiro atoms. The molecular weight excluding hydrogens is 358 g/mol. The van der Waals surface area contributed by atoms with Crippen LogP contribution in [0.2, 0.25) is 0 Å². The van der Waals surface area contributed by atoms with Gasteiger partial charge in [0.25, 0.3) is 0 Å². The predicted molar refractivity (Wildman–Crippen MR) is 105 cm³/mol. The lowest BCUT2D eigenvalue weighted by atomic mass is 10.1. The van der Waals surface area contributed by atoms with Gasteiger partial charge in [0.05, 0.1) is 13.2 Å². The summed E-state index contributed by atoms with van der Waals surface area (Å²) in [5.41, 5.74) is 1.20. The molecule has 2 aromatic rings. The van der Waals surface area contributed by atoms with Crippen molar-refractivity contribution in [3.8, 4) is 5.75 Å². The number of para-hydroxylation sites is 2. The Hall–Kier alpha value is -3.54. The summed E-state index contributed by atoms with van der Waals surface area (Å²) < 4.78 is 16.3. The van der Waals surface area contributed by atoms with Crippen molar-refractivity contribution in [2.75, 3.05) is 18.5 Å². The Morgan fingerprint density at radius 1 is 1.04 bits per heavy atom. The quantitative estimate of drug-likeness (QED) is 0.447. The molecule has 2 aromatic carbocycles. The van der Waals surface area contributed by atoms with E-state index in [1.54, 1.807) is 37.3 Å². The van der Waals surface area contributed by atoms with Crippen molar-refractivity contribution in [2.45, 2.75) is 13.8 Å². The van der Waals surface area contributed by atoms with Crippen molar-refractivity contribution in [3.05, 3.63) is 77.4 Å². The van der Waals surface area contributed by atoms with Crippen molar-refractivity contribution >= 4 is 23.5 Å². The maximum absolute atomic E-state index is 12.9. The molecule has 1 N–H and O–H groups in total. The zero-order valence-corrected chi connectivity index (χ0v) is 15.7. The molecule has 0 atom stereocenters. The summed E-state index contributed by atoms with van der Waals surface area (Å²) in [7, 11) is 0. The number of benzene rings is 2. The fourth-order valence-electron chi connectivity index (χ4n) is 2.69. The molecule has 0 radical (unpaired) electrons. The predicted octanol–water partition coefficient (Wildman–Crippen LogP) is 3.91. The molecule has 0 saturated carbocycles. The van der Waals surface area contributed by atoms with Crippen LogP contribution in [0.1, 0.15) is 19.4 Å². The van der Waals surface area contributed by atoms with Crippen LogP contribution in [-0.4, -0.2) is 25.0 Å². The minimum Gasteiger partial charge on any atom is -0.493 e. The van der Waals surface area contributed by atoms with Crippen LogP contribution in [0.15, 0.2) is 71.8 Å². The average molecular weight is 379 g/mol. The molecule has 0 saturated heterocycles. The van der Waals surface area contributed by atoms with E-state index in [1.807, 2.05) is 37.3 Å². The lowest BCUT2D eigenvalue weighted by Gasteiger charge is -2.09. The fraction of sp³-hybridized carbons (Fsp3) is 0.182. The van der Waals surface area contributed by atoms with Gasteiger partial charge >= 0.3 is 5.97 Å². The third-order valence-electron chi connectivity index (χ3n) is 3.91. The molecule has 6 heteroatoms. The fourth-order valence-corrected chi connectivity index (χ4v) is 2.69. The Kier molecular flexibility index (Phi) is 6.11. The minimum absolute atomic E-state index is 0.0219. The zero-order valence-electron chi connectivity index (χ0n) is 15.7. The van der Waals surface area contributed by atoms with E-state index in [1.165, 1.54) is 0 Å². The second kappa shape index (κ2) is 8.90. The van der Waals surface area contributed by atoms with E-state index in [4.69, 9.17) is 14.2 Å². The molecule has 0 bridgehead atoms. The number of allylic oxidation sites excluding steroid dienone is 1. The van der Waals surface area contributed by atoms with Crippen molar-refractivity contribution < 1.29 is 23.8 Å². The number of esters is 1. The molecule has 1 heterocycles. The molecule has 1 aliphatic heterocycles. The lowest BCUT2D eigenvalue weighted by molar-refractivity contribution is -0.139. The largest absolute Gasteiger partial charge is 0.493 e. The summed E-state index contributed by atoms with van der Waals surface area (Å²) in [6.07, 6.45) is 1.56. The van der Waals surface area contributed by atoms with E-state index in [2.05, 4.69) is 5.32 Å². The Bertz CT molecular complexity index is 931. The zero-order chi connectivity index (χ0) is 19.9. The van der Waals surface area contributed by atoms with Crippen LogP contribution in [0.5, 0.6) is 5.75 Å². The molecule has 0 amide bonds. The third kappa shape index (κ3) is 4.23. The van der Waals surface area contributed by atoms with Crippen LogP contribution in [0, 0.1) is 0 Å². The Morgan fingerprint density at radius 3 is 2.46 bits per heavy atom. The molecule has 0 unspecified atom stereocenters. The van der Waals surface area contributed by atoms with Crippen LogP contribution >= 0.6 is 0 Å². The van der Waals surface area contributed by atoms with E-state index in [0.717, 1.165) is 0 Å². The normalized spacial score (nSPS) is 14.8. The van der Waals surface area contributed by atoms with Gasteiger partial charge in [-0.3, -0.25) is 4.79 Å². The van der Waals surface area contributed by atoms with Gasteiger partial charge in [0.15, 0.2) is 11.3 Å². The number of Topliss-reactive ketones (excluding diaryl/α,β-unsaturated/α-hetero) is 1. The molecule has 0 fully saturated rings. The number of ketones is 1. The van der Waals surface area contributed by atoms with Crippen LogP contribution in [0.3, 0.4) is 0 Å². The average Bonchev–Trinajstić information content (AvgIpc) is 2.99. The van der Waals surface area contributed by atoms with E-state index in [-0.39, 0.29) is 23.8 Å². The summed E-state index contributed by atoms with van der Waals surface area (Å²) in [6.45, 7) is 4.20. The minimum atomic E-state index is -0.729. The van der Waals surface area contributed by atoms with Crippen LogP contribution < -0.4 is 10.1 Å². The van der Waals surface area contributed by atoms with E-state index in [9.17, 15) is 9.59 Å². The summed E-state index contributed by atoms with van der Waals surface area (Å²) in [5, 5.41) is 2.98. The standard InChI is InChI=1S/C22H21NO5/c1-3-26-17-13-9-8-10-15(17)14-18-20(24)19(22(25)27-4-2)21(28-18)23-16-11-6-5-7-12-16/h5-14,23H,3-4H2,1-2H3. The van der Waals surface area contributed by atoms with E-state index in [0.29, 0.717) is 23.6 Å². The van der Waals surface area contributed by atoms with Gasteiger partial charge in [-0.15, -0.1) is 0 Å². The SMILES string of the molecule is CCOC(=O)C1=C(Nc2ccccc2)OC(=Cc2ccccc2OCC)C1=O. The summed E-state index contributed by atoms with van der Waals surface area (Å²) in [5.74, 6) is -0.574. The smallest absolute Gasteiger partial charge is 0.347 e. The Morgan fingerprint density at radius 2 is 1.75 bits per heavy atom. The lowest BCUT2D eigenvalue weighted by Crippen LogP contribution is -2.16. The first-order valence-electron chi connectivity index (χ1n) is 9.03. The molecule has 1 aliphatic rings. The van der Waals surface area contributed by atoms with Crippen molar-refractivity contribution in [3.63, 3.8) is 0 Å². The van der Waals surface area contributed by atoms with Crippen LogP contribution in [0.4, 0.5) is 5.69 Å². The van der Waals surface area contributed by atoms with Gasteiger partial charge < -0.3 is 19.5 Å². The van der Waals surface area contributed by atoms with E-state index >= 15 is 0 Å². The number of carbonyl (C=O) groups excluding carboxylic acids is 2. The highest BCUT2D eigenvalue weighted by molar-refractivity contribution is 6.26. The third-order valence-corrected chi connectivity index (χ3v) is 3.91. The molecule has 144 valence electrons. The second-order valence-corrected chi connectivity index (χ2v) is 5.83. The number of nitrogens with one attached hydrogen (secondary N) is 1. The van der Waals surface area contributed by atoms with Crippen molar-refractivity contribution in [2.24, 2.45) is 0 Å². The van der Waals surface area contributed by atoms with Crippen molar-refractivity contribution in [1.29, 1.82) is 0 Å². The number of ether oxygens (including phenoxy) is 3. The number of hydrogen-bond donors (Lipinski definition) is 1. The highest BCUT2D eigenvalue weighted by atomic mass is 16.5. The van der Waals surface area contributed by atoms with Gasteiger partial charge in [-0.2, -0.15) is 0 Å². The first-order valence-corrected chi connectivity index (χ1v) is 9.03. The topological polar surface area (TPSA) is 73.9 Å². The molecular formula is C22H21NO5. The summed E-state index contributed by atoms with van der Waals surface area (Å²) >= 11 is 0. The number of rotatable bonds is 7. The van der Waals surface area contributed by atoms with Gasteiger partial charge in [0.1, 0.15) is 5.75 Å². The van der Waals surface area contributed by atoms with Gasteiger partial charge in [-0.25, -0.2) is 4.79 Å².